The number of nitrogens with zero attached hydrogens (tertiary/aromatic N) is 6. The van der Waals surface area contributed by atoms with Gasteiger partial charge >= 0.3 is 0 Å². The average Bonchev–Trinajstić information content (AvgIpc) is 2.58. The second-order valence-electron chi connectivity index (χ2n) is 5.50. The van der Waals surface area contributed by atoms with Crippen LogP contribution < -0.4 is 0 Å². The minimum Gasteiger partial charge on any atom is -0.196 e. The summed E-state index contributed by atoms with van der Waals surface area (Å²) in [7, 11) is 0. The molecule has 0 aromatic heterocycles. The summed E-state index contributed by atoms with van der Waals surface area (Å²) in [6.45, 7) is 0. The fourth-order valence-corrected chi connectivity index (χ4v) is 3.07. The Kier molecular flexibility index (Phi) is 5.09. The van der Waals surface area contributed by atoms with Crippen molar-refractivity contribution < 1.29 is 0 Å². The molecule has 0 spiro atoms. The largest absolute Gasteiger partial charge is 0.206 e. The van der Waals surface area contributed by atoms with Crippen molar-refractivity contribution in [2.24, 2.45) is 16.2 Å². The second kappa shape index (κ2) is 6.59. The van der Waals surface area contributed by atoms with Crippen LogP contribution in [0.25, 0.3) is 0 Å². The van der Waals surface area contributed by atoms with E-state index in [4.69, 9.17) is 0 Å². The van der Waals surface area contributed by atoms with Gasteiger partial charge in [0.2, 0.25) is 5.41 Å². The summed E-state index contributed by atoms with van der Waals surface area (Å²) in [5.41, 5.74) is -6.26. The lowest BCUT2D eigenvalue weighted by Gasteiger charge is -2.39. The third-order valence-electron chi connectivity index (χ3n) is 4.48. The van der Waals surface area contributed by atoms with Crippen molar-refractivity contribution in [2.75, 3.05) is 0 Å². The maximum Gasteiger partial charge on any atom is 0.206 e. The Bertz CT molecular complexity index is 591. The highest BCUT2D eigenvalue weighted by molar-refractivity contribution is 5.44. The predicted molar refractivity (Wildman–Crippen MR) is 73.3 cm³/mol. The van der Waals surface area contributed by atoms with Crippen molar-refractivity contribution in [3.63, 3.8) is 0 Å². The molecule has 1 aliphatic rings. The minimum atomic E-state index is -2.29. The smallest absolute Gasteiger partial charge is 0.196 e. The molecule has 0 unspecified atom stereocenters. The van der Waals surface area contributed by atoms with Crippen LogP contribution >= 0.6 is 0 Å². The zero-order chi connectivity index (χ0) is 16.7. The quantitative estimate of drug-likeness (QED) is 0.670. The maximum absolute atomic E-state index is 9.64. The van der Waals surface area contributed by atoms with Gasteiger partial charge in [0.15, 0.2) is 10.8 Å². The van der Waals surface area contributed by atoms with Crippen LogP contribution in [0.2, 0.25) is 0 Å². The number of nitriles is 6. The number of hydrogen-bond donors (Lipinski definition) is 0. The summed E-state index contributed by atoms with van der Waals surface area (Å²) in [6.07, 6.45) is 3.44. The van der Waals surface area contributed by atoms with E-state index in [1.807, 2.05) is 0 Å². The molecule has 22 heavy (non-hydrogen) atoms. The molecule has 0 saturated heterocycles. The summed E-state index contributed by atoms with van der Waals surface area (Å²) < 4.78 is 0. The predicted octanol–water partition coefficient (Wildman–Crippen LogP) is 2.83. The van der Waals surface area contributed by atoms with E-state index in [0.29, 0.717) is 12.8 Å². The molecule has 0 bridgehead atoms. The van der Waals surface area contributed by atoms with Crippen LogP contribution in [0.5, 0.6) is 0 Å². The van der Waals surface area contributed by atoms with Gasteiger partial charge in [-0.25, -0.2) is 0 Å². The Morgan fingerprint density at radius 1 is 0.455 bits per heavy atom. The van der Waals surface area contributed by atoms with E-state index in [1.54, 1.807) is 36.4 Å². The standard InChI is InChI=1S/C16H14N6/c17-8-14(9-18)6-4-2-1-3-5-7-15(10-19,11-20)16(14,12-21)13-22/h1-7H2. The summed E-state index contributed by atoms with van der Waals surface area (Å²) in [5.74, 6) is 0. The zero-order valence-electron chi connectivity index (χ0n) is 12.1. The topological polar surface area (TPSA) is 143 Å². The Morgan fingerprint density at radius 2 is 0.773 bits per heavy atom. The first-order chi connectivity index (χ1) is 10.6. The van der Waals surface area contributed by atoms with E-state index in [1.165, 1.54) is 0 Å². The first-order valence-electron chi connectivity index (χ1n) is 7.05. The first-order valence-corrected chi connectivity index (χ1v) is 7.05. The average molecular weight is 290 g/mol. The van der Waals surface area contributed by atoms with Crippen LogP contribution in [0.1, 0.15) is 44.9 Å². The van der Waals surface area contributed by atoms with Gasteiger partial charge in [0.25, 0.3) is 0 Å². The lowest BCUT2D eigenvalue weighted by Crippen LogP contribution is -2.50. The molecule has 1 fully saturated rings. The van der Waals surface area contributed by atoms with E-state index in [9.17, 15) is 31.6 Å². The van der Waals surface area contributed by atoms with Crippen LogP contribution in [0, 0.1) is 84.2 Å². The Morgan fingerprint density at radius 3 is 1.05 bits per heavy atom. The molecule has 1 aliphatic carbocycles. The monoisotopic (exact) mass is 290 g/mol. The van der Waals surface area contributed by atoms with Crippen molar-refractivity contribution >= 4 is 0 Å². The Hall–Kier alpha value is -3.06. The highest BCUT2D eigenvalue weighted by atomic mass is 14.6. The summed E-state index contributed by atoms with van der Waals surface area (Å²) in [6, 6.07) is 10.6. The van der Waals surface area contributed by atoms with Crippen LogP contribution in [-0.4, -0.2) is 0 Å². The Labute approximate surface area is 130 Å². The van der Waals surface area contributed by atoms with Gasteiger partial charge < -0.3 is 0 Å². The van der Waals surface area contributed by atoms with E-state index >= 15 is 0 Å². The molecule has 6 nitrogen and oxygen atoms in total. The van der Waals surface area contributed by atoms with Gasteiger partial charge in [0, 0.05) is 0 Å². The van der Waals surface area contributed by atoms with Crippen molar-refractivity contribution in [1.29, 1.82) is 31.6 Å². The molecule has 0 N–H and O–H groups in total. The van der Waals surface area contributed by atoms with E-state index in [0.717, 1.165) is 19.3 Å². The van der Waals surface area contributed by atoms with Crippen LogP contribution in [0.3, 0.4) is 0 Å². The van der Waals surface area contributed by atoms with Crippen LogP contribution in [0.4, 0.5) is 0 Å². The lowest BCUT2D eigenvalue weighted by molar-refractivity contribution is 0.144. The molecular formula is C16H14N6. The number of hydrogen-bond acceptors (Lipinski definition) is 6. The molecule has 0 aromatic rings. The Balaban J connectivity index is 3.75. The first kappa shape index (κ1) is 17.0. The fraction of sp³-hybridized carbons (Fsp3) is 0.625. The molecule has 1 rings (SSSR count). The summed E-state index contributed by atoms with van der Waals surface area (Å²) >= 11 is 0. The van der Waals surface area contributed by atoms with Gasteiger partial charge in [-0.05, 0) is 12.8 Å². The molecular weight excluding hydrogens is 276 g/mol. The zero-order valence-corrected chi connectivity index (χ0v) is 12.1. The third-order valence-corrected chi connectivity index (χ3v) is 4.48. The minimum absolute atomic E-state index is 0.00618. The van der Waals surface area contributed by atoms with Gasteiger partial charge in [0.1, 0.15) is 0 Å². The van der Waals surface area contributed by atoms with E-state index in [-0.39, 0.29) is 12.8 Å². The summed E-state index contributed by atoms with van der Waals surface area (Å²) in [5, 5.41) is 57.5. The lowest BCUT2D eigenvalue weighted by atomic mass is 9.50. The van der Waals surface area contributed by atoms with Crippen molar-refractivity contribution in [1.82, 2.24) is 0 Å². The molecule has 108 valence electrons. The molecule has 0 atom stereocenters. The second-order valence-corrected chi connectivity index (χ2v) is 5.50. The van der Waals surface area contributed by atoms with Crippen LogP contribution in [-0.2, 0) is 0 Å². The molecule has 0 amide bonds. The fourth-order valence-electron chi connectivity index (χ4n) is 3.07. The third kappa shape index (κ3) is 2.13. The van der Waals surface area contributed by atoms with Crippen molar-refractivity contribution in [3.05, 3.63) is 0 Å². The normalized spacial score (nSPS) is 22.1. The molecule has 1 saturated carbocycles. The van der Waals surface area contributed by atoms with Crippen molar-refractivity contribution in [2.45, 2.75) is 44.9 Å². The van der Waals surface area contributed by atoms with Gasteiger partial charge in [-0.15, -0.1) is 0 Å². The molecule has 0 aliphatic heterocycles. The van der Waals surface area contributed by atoms with E-state index < -0.39 is 16.2 Å². The molecule has 6 heteroatoms. The van der Waals surface area contributed by atoms with Crippen molar-refractivity contribution in [3.8, 4) is 36.4 Å². The van der Waals surface area contributed by atoms with E-state index in [2.05, 4.69) is 0 Å². The highest BCUT2D eigenvalue weighted by Gasteiger charge is 2.67. The maximum atomic E-state index is 9.64. The van der Waals surface area contributed by atoms with Gasteiger partial charge in [-0.1, -0.05) is 32.1 Å². The molecule has 0 radical (unpaired) electrons. The van der Waals surface area contributed by atoms with Gasteiger partial charge in [0.05, 0.1) is 36.4 Å². The summed E-state index contributed by atoms with van der Waals surface area (Å²) in [4.78, 5) is 0. The highest BCUT2D eigenvalue weighted by Crippen LogP contribution is 2.55. The van der Waals surface area contributed by atoms with Gasteiger partial charge in [-0.2, -0.15) is 31.6 Å². The van der Waals surface area contributed by atoms with Gasteiger partial charge in [-0.3, -0.25) is 0 Å². The SMILES string of the molecule is N#CC1(C#N)CCCCCCCC(C#N)(C#N)C1(C#N)C#N. The molecule has 0 aromatic carbocycles. The van der Waals surface area contributed by atoms with Crippen LogP contribution in [0.15, 0.2) is 0 Å². The molecule has 0 heterocycles. The number of rotatable bonds is 0.